The molecule has 1 fully saturated rings. The third kappa shape index (κ3) is 4.70. The maximum atomic E-state index is 12.0. The summed E-state index contributed by atoms with van der Waals surface area (Å²) in [5, 5.41) is 8.79. The number of carboxylic acid groups (broad SMARTS) is 1. The van der Waals surface area contributed by atoms with Gasteiger partial charge in [0, 0.05) is 19.7 Å². The van der Waals surface area contributed by atoms with E-state index >= 15 is 0 Å². The van der Waals surface area contributed by atoms with Crippen molar-refractivity contribution in [2.75, 3.05) is 40.3 Å². The van der Waals surface area contributed by atoms with Crippen LogP contribution in [-0.2, 0) is 14.3 Å². The average Bonchev–Trinajstić information content (AvgIpc) is 2.75. The topological polar surface area (TPSA) is 70.1 Å². The van der Waals surface area contributed by atoms with Crippen LogP contribution in [0.1, 0.15) is 12.8 Å². The maximum absolute atomic E-state index is 12.0. The molecule has 1 rings (SSSR count). The van der Waals surface area contributed by atoms with Crippen LogP contribution >= 0.6 is 0 Å². The molecule has 1 heterocycles. The fourth-order valence-electron chi connectivity index (χ4n) is 1.73. The maximum Gasteiger partial charge on any atom is 0.323 e. The highest BCUT2D eigenvalue weighted by Crippen LogP contribution is 2.14. The summed E-state index contributed by atoms with van der Waals surface area (Å²) in [6.07, 6.45) is 1.11. The Balaban J connectivity index is 2.53. The van der Waals surface area contributed by atoms with E-state index in [1.807, 2.05) is 19.0 Å². The summed E-state index contributed by atoms with van der Waals surface area (Å²) >= 11 is 0. The highest BCUT2D eigenvalue weighted by atomic mass is 16.5. The molecule has 1 aliphatic rings. The molecule has 0 radical (unpaired) electrons. The van der Waals surface area contributed by atoms with Crippen LogP contribution in [0.25, 0.3) is 0 Å². The van der Waals surface area contributed by atoms with Crippen molar-refractivity contribution in [1.29, 1.82) is 0 Å². The van der Waals surface area contributed by atoms with Crippen molar-refractivity contribution >= 4 is 11.9 Å². The molecule has 6 nitrogen and oxygen atoms in total. The van der Waals surface area contributed by atoms with E-state index in [4.69, 9.17) is 9.84 Å². The van der Waals surface area contributed by atoms with E-state index in [0.29, 0.717) is 26.1 Å². The van der Waals surface area contributed by atoms with Crippen molar-refractivity contribution in [3.8, 4) is 0 Å². The van der Waals surface area contributed by atoms with Gasteiger partial charge in [-0.1, -0.05) is 0 Å². The Kier molecular flexibility index (Phi) is 5.37. The number of hydrogen-bond acceptors (Lipinski definition) is 4. The molecule has 17 heavy (non-hydrogen) atoms. The summed E-state index contributed by atoms with van der Waals surface area (Å²) in [7, 11) is 3.77. The molecule has 0 bridgehead atoms. The number of carbonyl (C=O) groups is 2. The number of aliphatic carboxylic acids is 1. The van der Waals surface area contributed by atoms with Crippen molar-refractivity contribution in [2.24, 2.45) is 0 Å². The fourth-order valence-corrected chi connectivity index (χ4v) is 1.73. The van der Waals surface area contributed by atoms with E-state index in [-0.39, 0.29) is 12.5 Å². The largest absolute Gasteiger partial charge is 0.480 e. The SMILES string of the molecule is CN(C)CCN(CC(=O)O)C(=O)C1CCCO1. The van der Waals surface area contributed by atoms with Crippen molar-refractivity contribution in [2.45, 2.75) is 18.9 Å². The van der Waals surface area contributed by atoms with Gasteiger partial charge < -0.3 is 19.6 Å². The number of carboxylic acids is 1. The number of nitrogens with zero attached hydrogens (tertiary/aromatic N) is 2. The lowest BCUT2D eigenvalue weighted by atomic mass is 10.2. The molecular formula is C11H20N2O4. The molecule has 0 aromatic heterocycles. The third-order valence-electron chi connectivity index (χ3n) is 2.66. The van der Waals surface area contributed by atoms with Crippen LogP contribution in [0, 0.1) is 0 Å². The zero-order valence-electron chi connectivity index (χ0n) is 10.4. The summed E-state index contributed by atoms with van der Waals surface area (Å²) < 4.78 is 5.29. The van der Waals surface area contributed by atoms with E-state index in [1.165, 1.54) is 4.90 Å². The molecule has 0 aromatic carbocycles. The minimum absolute atomic E-state index is 0.202. The van der Waals surface area contributed by atoms with Crippen LogP contribution in [0.15, 0.2) is 0 Å². The molecule has 0 aliphatic carbocycles. The predicted molar refractivity (Wildman–Crippen MR) is 61.7 cm³/mol. The van der Waals surface area contributed by atoms with Gasteiger partial charge in [0.1, 0.15) is 12.6 Å². The van der Waals surface area contributed by atoms with Crippen LogP contribution in [0.3, 0.4) is 0 Å². The van der Waals surface area contributed by atoms with Crippen LogP contribution in [0.2, 0.25) is 0 Å². The number of ether oxygens (including phenoxy) is 1. The molecule has 6 heteroatoms. The van der Waals surface area contributed by atoms with E-state index in [0.717, 1.165) is 6.42 Å². The van der Waals surface area contributed by atoms with Gasteiger partial charge in [0.25, 0.3) is 5.91 Å². The second-order valence-electron chi connectivity index (χ2n) is 4.46. The Labute approximate surface area is 101 Å². The molecule has 1 unspecified atom stereocenters. The zero-order chi connectivity index (χ0) is 12.8. The molecule has 1 amide bonds. The summed E-state index contributed by atoms with van der Waals surface area (Å²) in [4.78, 5) is 26.0. The molecule has 98 valence electrons. The third-order valence-corrected chi connectivity index (χ3v) is 2.66. The molecule has 1 aliphatic heterocycles. The van der Waals surface area contributed by atoms with E-state index in [2.05, 4.69) is 0 Å². The summed E-state index contributed by atoms with van der Waals surface area (Å²) in [5.41, 5.74) is 0. The molecule has 1 N–H and O–H groups in total. The number of rotatable bonds is 6. The first-order valence-electron chi connectivity index (χ1n) is 5.77. The van der Waals surface area contributed by atoms with Gasteiger partial charge in [0.15, 0.2) is 0 Å². The first kappa shape index (κ1) is 13.9. The number of carbonyl (C=O) groups excluding carboxylic acids is 1. The van der Waals surface area contributed by atoms with Gasteiger partial charge in [0.2, 0.25) is 0 Å². The lowest BCUT2D eigenvalue weighted by Crippen LogP contribution is -2.44. The van der Waals surface area contributed by atoms with Gasteiger partial charge >= 0.3 is 5.97 Å². The number of amides is 1. The standard InChI is InChI=1S/C11H20N2O4/c1-12(2)5-6-13(8-10(14)15)11(16)9-4-3-7-17-9/h9H,3-8H2,1-2H3,(H,14,15). The average molecular weight is 244 g/mol. The molecule has 1 atom stereocenters. The predicted octanol–water partition coefficient (Wildman–Crippen LogP) is -0.360. The first-order valence-corrected chi connectivity index (χ1v) is 5.77. The highest BCUT2D eigenvalue weighted by molar-refractivity contribution is 5.84. The highest BCUT2D eigenvalue weighted by Gasteiger charge is 2.29. The van der Waals surface area contributed by atoms with Crippen LogP contribution in [0.5, 0.6) is 0 Å². The summed E-state index contributed by atoms with van der Waals surface area (Å²) in [6.45, 7) is 1.39. The zero-order valence-corrected chi connectivity index (χ0v) is 10.4. The minimum atomic E-state index is -0.991. The lowest BCUT2D eigenvalue weighted by molar-refractivity contribution is -0.149. The molecule has 1 saturated heterocycles. The van der Waals surface area contributed by atoms with E-state index in [9.17, 15) is 9.59 Å². The molecule has 0 aromatic rings. The molecule has 0 saturated carbocycles. The van der Waals surface area contributed by atoms with Crippen molar-refractivity contribution in [1.82, 2.24) is 9.80 Å². The van der Waals surface area contributed by atoms with Gasteiger partial charge in [-0.05, 0) is 26.9 Å². The second-order valence-corrected chi connectivity index (χ2v) is 4.46. The second kappa shape index (κ2) is 6.56. The molecule has 0 spiro atoms. The van der Waals surface area contributed by atoms with Gasteiger partial charge in [-0.2, -0.15) is 0 Å². The van der Waals surface area contributed by atoms with Gasteiger partial charge in [-0.15, -0.1) is 0 Å². The Bertz CT molecular complexity index is 275. The Morgan fingerprint density at radius 1 is 1.35 bits per heavy atom. The van der Waals surface area contributed by atoms with Gasteiger partial charge in [-0.3, -0.25) is 9.59 Å². The van der Waals surface area contributed by atoms with Crippen LogP contribution < -0.4 is 0 Å². The Morgan fingerprint density at radius 2 is 2.06 bits per heavy atom. The summed E-state index contributed by atoms with van der Waals surface area (Å²) in [5.74, 6) is -1.19. The van der Waals surface area contributed by atoms with Crippen LogP contribution in [-0.4, -0.2) is 73.2 Å². The van der Waals surface area contributed by atoms with Crippen LogP contribution in [0.4, 0.5) is 0 Å². The van der Waals surface area contributed by atoms with Crippen molar-refractivity contribution in [3.63, 3.8) is 0 Å². The number of likely N-dealkylation sites (N-methyl/N-ethyl adjacent to an activating group) is 1. The quantitative estimate of drug-likeness (QED) is 0.691. The minimum Gasteiger partial charge on any atom is -0.480 e. The van der Waals surface area contributed by atoms with Gasteiger partial charge in [-0.25, -0.2) is 0 Å². The number of hydrogen-bond donors (Lipinski definition) is 1. The van der Waals surface area contributed by atoms with E-state index in [1.54, 1.807) is 0 Å². The first-order chi connectivity index (χ1) is 8.00. The monoisotopic (exact) mass is 244 g/mol. The van der Waals surface area contributed by atoms with Gasteiger partial charge in [0.05, 0.1) is 0 Å². The Morgan fingerprint density at radius 3 is 2.53 bits per heavy atom. The van der Waals surface area contributed by atoms with E-state index < -0.39 is 12.1 Å². The summed E-state index contributed by atoms with van der Waals surface area (Å²) in [6, 6.07) is 0. The Hall–Kier alpha value is -1.14. The van der Waals surface area contributed by atoms with Crippen molar-refractivity contribution < 1.29 is 19.4 Å². The lowest BCUT2D eigenvalue weighted by Gasteiger charge is -2.25. The molecular weight excluding hydrogens is 224 g/mol. The normalized spacial score (nSPS) is 19.6. The smallest absolute Gasteiger partial charge is 0.323 e. The van der Waals surface area contributed by atoms with Crippen molar-refractivity contribution in [3.05, 3.63) is 0 Å². The fraction of sp³-hybridized carbons (Fsp3) is 0.818.